The maximum Gasteiger partial charge on any atom is 0.171 e. The molecule has 1 aliphatic carbocycles. The summed E-state index contributed by atoms with van der Waals surface area (Å²) in [5.74, 6) is -3.51. The van der Waals surface area contributed by atoms with Crippen LogP contribution in [0.15, 0.2) is 88.9 Å². The van der Waals surface area contributed by atoms with Gasteiger partial charge in [-0.15, -0.1) is 0 Å². The van der Waals surface area contributed by atoms with Gasteiger partial charge in [0.05, 0.1) is 5.56 Å². The highest BCUT2D eigenvalue weighted by Gasteiger charge is 2.43. The zero-order valence-corrected chi connectivity index (χ0v) is 26.4. The molecule has 5 aromatic rings. The molecule has 0 bridgehead atoms. The molecule has 244 valence electrons. The van der Waals surface area contributed by atoms with Crippen LogP contribution in [0.5, 0.6) is 40.2 Å². The van der Waals surface area contributed by atoms with Crippen molar-refractivity contribution in [1.82, 2.24) is 0 Å². The Balaban J connectivity index is 1.37. The Kier molecular flexibility index (Phi) is 7.16. The van der Waals surface area contributed by atoms with Crippen molar-refractivity contribution in [2.24, 2.45) is 5.92 Å². The first-order chi connectivity index (χ1) is 22.8. The summed E-state index contributed by atoms with van der Waals surface area (Å²) in [5.41, 5.74) is 2.08. The molecule has 6 N–H and O–H groups in total. The first-order valence-corrected chi connectivity index (χ1v) is 15.6. The number of phenols is 6. The van der Waals surface area contributed by atoms with Gasteiger partial charge in [-0.05, 0) is 87.4 Å². The number of hydrogen-bond acceptors (Lipinski definition) is 9. The lowest BCUT2D eigenvalue weighted by Gasteiger charge is -2.37. The average molecular weight is 647 g/mol. The summed E-state index contributed by atoms with van der Waals surface area (Å²) in [4.78, 5) is 14.8. The van der Waals surface area contributed by atoms with Crippen LogP contribution in [0.2, 0.25) is 0 Å². The number of benzene rings is 4. The van der Waals surface area contributed by atoms with Crippen molar-refractivity contribution in [3.8, 4) is 51.6 Å². The van der Waals surface area contributed by atoms with Crippen LogP contribution in [0.25, 0.3) is 28.4 Å². The third kappa shape index (κ3) is 5.37. The first kappa shape index (κ1) is 30.8. The molecule has 1 aromatic heterocycles. The monoisotopic (exact) mass is 646 g/mol. The fourth-order valence-electron chi connectivity index (χ4n) is 7.02. The van der Waals surface area contributed by atoms with Crippen LogP contribution in [0, 0.1) is 5.92 Å². The predicted molar refractivity (Wildman–Crippen MR) is 180 cm³/mol. The third-order valence-corrected chi connectivity index (χ3v) is 9.23. The molecule has 3 unspecified atom stereocenters. The lowest BCUT2D eigenvalue weighted by atomic mass is 9.65. The van der Waals surface area contributed by atoms with E-state index in [-0.39, 0.29) is 45.6 Å². The lowest BCUT2D eigenvalue weighted by Crippen LogP contribution is -2.32. The van der Waals surface area contributed by atoms with E-state index in [0.29, 0.717) is 45.6 Å². The molecule has 7 rings (SSSR count). The van der Waals surface area contributed by atoms with Crippen molar-refractivity contribution in [2.75, 3.05) is 0 Å². The number of carbonyl (C=O) groups excluding carboxylic acids is 1. The summed E-state index contributed by atoms with van der Waals surface area (Å²) < 4.78 is 12.0. The first-order valence-electron chi connectivity index (χ1n) is 15.6. The number of rotatable bonds is 5. The highest BCUT2D eigenvalue weighted by Crippen LogP contribution is 2.53. The van der Waals surface area contributed by atoms with Gasteiger partial charge >= 0.3 is 0 Å². The molecule has 3 atom stereocenters. The Hall–Kier alpha value is -5.83. The Morgan fingerprint density at radius 1 is 0.812 bits per heavy atom. The number of ether oxygens (including phenoxy) is 1. The topological polar surface area (TPSA) is 161 Å². The summed E-state index contributed by atoms with van der Waals surface area (Å²) in [6.45, 7) is 5.61. The van der Waals surface area contributed by atoms with E-state index in [4.69, 9.17) is 9.15 Å². The summed E-state index contributed by atoms with van der Waals surface area (Å²) in [5, 5.41) is 65.8. The second-order valence-corrected chi connectivity index (χ2v) is 13.2. The smallest absolute Gasteiger partial charge is 0.171 e. The Morgan fingerprint density at radius 3 is 2.25 bits per heavy atom. The number of aromatic hydroxyl groups is 6. The quantitative estimate of drug-likeness (QED) is 0.0816. The summed E-state index contributed by atoms with van der Waals surface area (Å²) in [6, 6.07) is 16.5. The number of carbonyl (C=O) groups is 1. The average Bonchev–Trinajstić information content (AvgIpc) is 3.43. The van der Waals surface area contributed by atoms with E-state index in [0.717, 1.165) is 5.57 Å². The molecule has 0 fully saturated rings. The van der Waals surface area contributed by atoms with Gasteiger partial charge in [-0.25, -0.2) is 0 Å². The molecule has 2 aliphatic rings. The molecule has 48 heavy (non-hydrogen) atoms. The Morgan fingerprint density at radius 2 is 1.52 bits per heavy atom. The minimum atomic E-state index is -1.03. The van der Waals surface area contributed by atoms with Crippen molar-refractivity contribution in [1.29, 1.82) is 0 Å². The van der Waals surface area contributed by atoms with Crippen LogP contribution in [-0.4, -0.2) is 42.0 Å². The summed E-state index contributed by atoms with van der Waals surface area (Å²) in [7, 11) is 0. The maximum absolute atomic E-state index is 14.8. The van der Waals surface area contributed by atoms with Crippen molar-refractivity contribution in [3.05, 3.63) is 107 Å². The van der Waals surface area contributed by atoms with Crippen LogP contribution < -0.4 is 4.74 Å². The van der Waals surface area contributed by atoms with E-state index in [2.05, 4.69) is 0 Å². The molecule has 0 amide bonds. The molecule has 0 saturated carbocycles. The molecule has 9 heteroatoms. The van der Waals surface area contributed by atoms with E-state index >= 15 is 0 Å². The van der Waals surface area contributed by atoms with E-state index < -0.39 is 29.1 Å². The highest BCUT2D eigenvalue weighted by molar-refractivity contribution is 6.03. The lowest BCUT2D eigenvalue weighted by molar-refractivity contribution is 0.0874. The molecular weight excluding hydrogens is 612 g/mol. The van der Waals surface area contributed by atoms with Crippen molar-refractivity contribution in [3.63, 3.8) is 0 Å². The Bertz CT molecular complexity index is 2160. The van der Waals surface area contributed by atoms with Gasteiger partial charge in [0, 0.05) is 52.0 Å². The van der Waals surface area contributed by atoms with Crippen LogP contribution in [0.4, 0.5) is 0 Å². The fraction of sp³-hybridized carbons (Fsp3) is 0.205. The number of Topliss-reactive ketones (excluding diaryl/α,β-unsaturated/α-hetero) is 1. The standard InChI is InChI=1S/C39H34O9/c1-19-10-26(25-7-6-23(40)16-30(25)43)36(38(46)27-18-35-21(12-29(27)42)8-9-39(2,3)48-35)28(11-19)37-31(44)13-22(14-32(37)45)33-15-20-4-5-24(41)17-34(20)47-33/h4-9,11-18,26,28,36,40-45H,10H2,1-3H3. The number of hydrogen-bond donors (Lipinski definition) is 6. The molecule has 0 saturated heterocycles. The molecular formula is C39H34O9. The van der Waals surface area contributed by atoms with Gasteiger partial charge in [0.2, 0.25) is 0 Å². The number of phenolic OH excluding ortho intramolecular Hbond substituents is 6. The molecule has 1 aliphatic heterocycles. The largest absolute Gasteiger partial charge is 0.508 e. The van der Waals surface area contributed by atoms with Crippen LogP contribution >= 0.6 is 0 Å². The van der Waals surface area contributed by atoms with Gasteiger partial charge in [0.25, 0.3) is 0 Å². The zero-order valence-electron chi connectivity index (χ0n) is 26.4. The number of fused-ring (bicyclic) bond motifs is 2. The van der Waals surface area contributed by atoms with Gasteiger partial charge in [-0.2, -0.15) is 0 Å². The summed E-state index contributed by atoms with van der Waals surface area (Å²) >= 11 is 0. The van der Waals surface area contributed by atoms with Crippen LogP contribution in [0.3, 0.4) is 0 Å². The molecule has 0 spiro atoms. The van der Waals surface area contributed by atoms with Gasteiger partial charge in [0.15, 0.2) is 5.78 Å². The van der Waals surface area contributed by atoms with Crippen LogP contribution in [-0.2, 0) is 0 Å². The van der Waals surface area contributed by atoms with Gasteiger partial charge < -0.3 is 39.8 Å². The maximum atomic E-state index is 14.8. The van der Waals surface area contributed by atoms with Gasteiger partial charge in [-0.1, -0.05) is 23.8 Å². The van der Waals surface area contributed by atoms with Gasteiger partial charge in [0.1, 0.15) is 57.2 Å². The minimum absolute atomic E-state index is 0.00722. The van der Waals surface area contributed by atoms with Crippen molar-refractivity contribution < 1.29 is 44.6 Å². The number of ketones is 1. The predicted octanol–water partition coefficient (Wildman–Crippen LogP) is 8.23. The highest BCUT2D eigenvalue weighted by atomic mass is 16.5. The number of allylic oxidation sites excluding steroid dienone is 2. The summed E-state index contributed by atoms with van der Waals surface area (Å²) in [6.07, 6.45) is 5.83. The van der Waals surface area contributed by atoms with Crippen molar-refractivity contribution >= 4 is 22.8 Å². The Labute approximate surface area is 275 Å². The molecule has 4 aromatic carbocycles. The third-order valence-electron chi connectivity index (χ3n) is 9.23. The van der Waals surface area contributed by atoms with E-state index in [1.54, 1.807) is 18.2 Å². The normalized spacial score (nSPS) is 19.8. The van der Waals surface area contributed by atoms with Crippen LogP contribution in [0.1, 0.15) is 66.1 Å². The molecule has 9 nitrogen and oxygen atoms in total. The van der Waals surface area contributed by atoms with E-state index in [9.17, 15) is 35.4 Å². The minimum Gasteiger partial charge on any atom is -0.508 e. The SMILES string of the molecule is CC1=CC(c2c(O)cc(-c3cc4ccc(O)cc4o3)cc2O)C(C(=O)c2cc3c(cc2O)C=CC(C)(C)O3)C(c2ccc(O)cc2O)C1. The van der Waals surface area contributed by atoms with Crippen molar-refractivity contribution in [2.45, 2.75) is 44.6 Å². The number of furan rings is 1. The molecule has 0 radical (unpaired) electrons. The van der Waals surface area contributed by atoms with Gasteiger partial charge in [-0.3, -0.25) is 4.79 Å². The molecule has 2 heterocycles. The van der Waals surface area contributed by atoms with E-state index in [1.165, 1.54) is 48.5 Å². The second kappa shape index (κ2) is 11.2. The zero-order chi connectivity index (χ0) is 34.1. The fourth-order valence-corrected chi connectivity index (χ4v) is 7.02. The van der Waals surface area contributed by atoms with E-state index in [1.807, 2.05) is 39.0 Å². The second-order valence-electron chi connectivity index (χ2n) is 13.2.